The van der Waals surface area contributed by atoms with E-state index in [0.29, 0.717) is 13.0 Å². The van der Waals surface area contributed by atoms with Crippen molar-refractivity contribution in [3.8, 4) is 11.1 Å². The van der Waals surface area contributed by atoms with E-state index >= 15 is 0 Å². The standard InChI is InChI=1S/C27H30N2O5/c1-16(12-25(30)29-17-10-11-24(29)22(13-17)26(31)32)14-28-27(33)34-15-23-20-8-4-2-6-18(20)19-7-3-5-9-21(19)23/h2-9,16-17,22-24H,10-15H2,1H3,(H,28,33)(H,31,32). The Morgan fingerprint density at radius 1 is 1.06 bits per heavy atom. The molecule has 2 aliphatic heterocycles. The van der Waals surface area contributed by atoms with Crippen LogP contribution >= 0.6 is 0 Å². The molecule has 0 radical (unpaired) electrons. The first-order valence-electron chi connectivity index (χ1n) is 12.1. The third-order valence-electron chi connectivity index (χ3n) is 7.60. The first kappa shape index (κ1) is 22.4. The number of nitrogens with one attached hydrogen (secondary N) is 1. The zero-order valence-corrected chi connectivity index (χ0v) is 19.3. The number of fused-ring (bicyclic) bond motifs is 5. The van der Waals surface area contributed by atoms with Crippen LogP contribution in [0.2, 0.25) is 0 Å². The molecule has 7 heteroatoms. The second kappa shape index (κ2) is 9.12. The van der Waals surface area contributed by atoms with Crippen LogP contribution in [0.3, 0.4) is 0 Å². The molecule has 2 aromatic rings. The molecular formula is C27H30N2O5. The molecule has 2 amide bonds. The molecule has 5 rings (SSSR count). The monoisotopic (exact) mass is 462 g/mol. The highest BCUT2D eigenvalue weighted by Gasteiger charge is 2.51. The van der Waals surface area contributed by atoms with Crippen LogP contribution in [0, 0.1) is 11.8 Å². The third kappa shape index (κ3) is 4.04. The number of carbonyl (C=O) groups excluding carboxylic acids is 2. The fourth-order valence-electron chi connectivity index (χ4n) is 6.03. The van der Waals surface area contributed by atoms with Crippen molar-refractivity contribution < 1.29 is 24.2 Å². The molecule has 2 aromatic carbocycles. The van der Waals surface area contributed by atoms with Crippen molar-refractivity contribution in [3.05, 3.63) is 59.7 Å². The lowest BCUT2D eigenvalue weighted by molar-refractivity contribution is -0.143. The lowest BCUT2D eigenvalue weighted by Crippen LogP contribution is -2.39. The molecule has 2 fully saturated rings. The van der Waals surface area contributed by atoms with Crippen LogP contribution in [-0.2, 0) is 14.3 Å². The predicted octanol–water partition coefficient (Wildman–Crippen LogP) is 4.02. The van der Waals surface area contributed by atoms with Gasteiger partial charge in [-0.3, -0.25) is 9.59 Å². The Balaban J connectivity index is 1.11. The maximum atomic E-state index is 12.9. The minimum absolute atomic E-state index is 0.00461. The van der Waals surface area contributed by atoms with Gasteiger partial charge in [-0.05, 0) is 47.4 Å². The number of alkyl carbamates (subject to hydrolysis) is 1. The summed E-state index contributed by atoms with van der Waals surface area (Å²) in [5.41, 5.74) is 4.69. The van der Waals surface area contributed by atoms with Crippen LogP contribution in [0.5, 0.6) is 0 Å². The van der Waals surface area contributed by atoms with Crippen LogP contribution in [0.1, 0.15) is 49.7 Å². The quantitative estimate of drug-likeness (QED) is 0.648. The van der Waals surface area contributed by atoms with E-state index < -0.39 is 18.0 Å². The SMILES string of the molecule is CC(CNC(=O)OCC1c2ccccc2-c2ccccc21)CC(=O)N1C2CCC1C(C(=O)O)C2. The van der Waals surface area contributed by atoms with Gasteiger partial charge in [-0.15, -0.1) is 0 Å². The molecule has 2 bridgehead atoms. The van der Waals surface area contributed by atoms with Crippen molar-refractivity contribution >= 4 is 18.0 Å². The van der Waals surface area contributed by atoms with Gasteiger partial charge in [0.25, 0.3) is 0 Å². The predicted molar refractivity (Wildman–Crippen MR) is 126 cm³/mol. The molecule has 178 valence electrons. The number of benzene rings is 2. The van der Waals surface area contributed by atoms with Gasteiger partial charge >= 0.3 is 12.1 Å². The molecule has 3 aliphatic rings. The molecule has 1 aliphatic carbocycles. The Kier molecular flexibility index (Phi) is 6.02. The number of amides is 2. The van der Waals surface area contributed by atoms with Crippen LogP contribution in [0.15, 0.2) is 48.5 Å². The van der Waals surface area contributed by atoms with Crippen LogP contribution < -0.4 is 5.32 Å². The first-order chi connectivity index (χ1) is 16.4. The average Bonchev–Trinajstić information content (AvgIpc) is 3.51. The summed E-state index contributed by atoms with van der Waals surface area (Å²) in [5.74, 6) is -1.34. The smallest absolute Gasteiger partial charge is 0.407 e. The molecule has 34 heavy (non-hydrogen) atoms. The number of aliphatic carboxylic acids is 1. The zero-order chi connectivity index (χ0) is 23.8. The largest absolute Gasteiger partial charge is 0.481 e. The van der Waals surface area contributed by atoms with E-state index in [-0.39, 0.29) is 42.9 Å². The lowest BCUT2D eigenvalue weighted by atomic mass is 9.89. The number of carbonyl (C=O) groups is 3. The van der Waals surface area contributed by atoms with Crippen molar-refractivity contribution in [2.24, 2.45) is 11.8 Å². The van der Waals surface area contributed by atoms with Gasteiger partial charge < -0.3 is 20.1 Å². The summed E-state index contributed by atoms with van der Waals surface area (Å²) in [4.78, 5) is 38.5. The van der Waals surface area contributed by atoms with Crippen LogP contribution in [0.25, 0.3) is 11.1 Å². The molecule has 0 spiro atoms. The van der Waals surface area contributed by atoms with Gasteiger partial charge in [0, 0.05) is 31.0 Å². The summed E-state index contributed by atoms with van der Waals surface area (Å²) < 4.78 is 5.57. The Bertz CT molecular complexity index is 1070. The summed E-state index contributed by atoms with van der Waals surface area (Å²) in [6.07, 6.45) is 1.99. The minimum Gasteiger partial charge on any atom is -0.481 e. The molecule has 4 unspecified atom stereocenters. The van der Waals surface area contributed by atoms with Crippen LogP contribution in [0.4, 0.5) is 4.79 Å². The van der Waals surface area contributed by atoms with Gasteiger partial charge in [0.05, 0.1) is 5.92 Å². The summed E-state index contributed by atoms with van der Waals surface area (Å²) in [6, 6.07) is 16.2. The molecule has 7 nitrogen and oxygen atoms in total. The number of nitrogens with zero attached hydrogens (tertiary/aromatic N) is 1. The van der Waals surface area contributed by atoms with E-state index in [4.69, 9.17) is 4.74 Å². The van der Waals surface area contributed by atoms with Gasteiger partial charge in [0.2, 0.25) is 5.91 Å². The maximum absolute atomic E-state index is 12.9. The summed E-state index contributed by atoms with van der Waals surface area (Å²) >= 11 is 0. The van der Waals surface area contributed by atoms with Crippen molar-refractivity contribution in [1.82, 2.24) is 10.2 Å². The van der Waals surface area contributed by atoms with E-state index in [9.17, 15) is 19.5 Å². The Morgan fingerprint density at radius 3 is 2.32 bits per heavy atom. The van der Waals surface area contributed by atoms with Crippen molar-refractivity contribution in [2.75, 3.05) is 13.2 Å². The van der Waals surface area contributed by atoms with Gasteiger partial charge in [0.15, 0.2) is 0 Å². The molecule has 0 saturated carbocycles. The number of carboxylic acid groups (broad SMARTS) is 1. The van der Waals surface area contributed by atoms with Gasteiger partial charge in [0.1, 0.15) is 6.61 Å². The second-order valence-electron chi connectivity index (χ2n) is 9.80. The Labute approximate surface area is 199 Å². The fourth-order valence-corrected chi connectivity index (χ4v) is 6.03. The summed E-state index contributed by atoms with van der Waals surface area (Å²) in [6.45, 7) is 2.49. The lowest BCUT2D eigenvalue weighted by Gasteiger charge is -2.24. The Hall–Kier alpha value is -3.35. The first-order valence-corrected chi connectivity index (χ1v) is 12.1. The van der Waals surface area contributed by atoms with Gasteiger partial charge in [-0.2, -0.15) is 0 Å². The normalized spacial score (nSPS) is 23.3. The fraction of sp³-hybridized carbons (Fsp3) is 0.444. The number of carboxylic acids is 1. The molecule has 2 N–H and O–H groups in total. The molecule has 2 heterocycles. The van der Waals surface area contributed by atoms with Crippen molar-refractivity contribution in [1.29, 1.82) is 0 Å². The molecule has 0 aromatic heterocycles. The molecule has 2 saturated heterocycles. The summed E-state index contributed by atoms with van der Waals surface area (Å²) in [7, 11) is 0. The highest BCUT2D eigenvalue weighted by Crippen LogP contribution is 2.44. The Morgan fingerprint density at radius 2 is 1.71 bits per heavy atom. The third-order valence-corrected chi connectivity index (χ3v) is 7.60. The second-order valence-corrected chi connectivity index (χ2v) is 9.80. The van der Waals surface area contributed by atoms with Crippen molar-refractivity contribution in [2.45, 2.75) is 50.6 Å². The minimum atomic E-state index is -0.810. The van der Waals surface area contributed by atoms with Gasteiger partial charge in [-0.1, -0.05) is 55.5 Å². The summed E-state index contributed by atoms with van der Waals surface area (Å²) in [5, 5.41) is 12.2. The van der Waals surface area contributed by atoms with E-state index in [1.165, 1.54) is 11.1 Å². The van der Waals surface area contributed by atoms with Gasteiger partial charge in [-0.25, -0.2) is 4.79 Å². The van der Waals surface area contributed by atoms with Crippen molar-refractivity contribution in [3.63, 3.8) is 0 Å². The maximum Gasteiger partial charge on any atom is 0.407 e. The number of ether oxygens (including phenoxy) is 1. The number of rotatable bonds is 7. The highest BCUT2D eigenvalue weighted by molar-refractivity contribution is 5.81. The molecular weight excluding hydrogens is 432 g/mol. The highest BCUT2D eigenvalue weighted by atomic mass is 16.5. The average molecular weight is 463 g/mol. The number of hydrogen-bond acceptors (Lipinski definition) is 4. The van der Waals surface area contributed by atoms with Crippen LogP contribution in [-0.4, -0.2) is 53.2 Å². The molecule has 4 atom stereocenters. The van der Waals surface area contributed by atoms with E-state index in [1.807, 2.05) is 31.2 Å². The van der Waals surface area contributed by atoms with E-state index in [2.05, 4.69) is 29.6 Å². The number of hydrogen-bond donors (Lipinski definition) is 2. The van der Waals surface area contributed by atoms with E-state index in [0.717, 1.165) is 24.0 Å². The topological polar surface area (TPSA) is 95.9 Å². The van der Waals surface area contributed by atoms with E-state index in [1.54, 1.807) is 4.90 Å². The zero-order valence-electron chi connectivity index (χ0n) is 19.3.